The van der Waals surface area contributed by atoms with Gasteiger partial charge < -0.3 is 9.84 Å². The Morgan fingerprint density at radius 3 is 3.31 bits per heavy atom. The molecule has 2 unspecified atom stereocenters. The molecule has 1 aromatic rings. The SMILES string of the molecule is CC1CC(NCc2ncon2)CS1. The second kappa shape index (κ2) is 4.11. The highest BCUT2D eigenvalue weighted by atomic mass is 32.2. The zero-order chi connectivity index (χ0) is 9.10. The fourth-order valence-corrected chi connectivity index (χ4v) is 2.65. The molecule has 5 heteroatoms. The van der Waals surface area contributed by atoms with Crippen molar-refractivity contribution in [2.24, 2.45) is 0 Å². The average Bonchev–Trinajstić information content (AvgIpc) is 2.71. The van der Waals surface area contributed by atoms with Gasteiger partial charge in [-0.3, -0.25) is 0 Å². The first kappa shape index (κ1) is 9.02. The largest absolute Gasteiger partial charge is 0.343 e. The van der Waals surface area contributed by atoms with Crippen LogP contribution in [0.3, 0.4) is 0 Å². The van der Waals surface area contributed by atoms with E-state index in [1.807, 2.05) is 11.8 Å². The Balaban J connectivity index is 1.74. The molecule has 2 heterocycles. The maximum absolute atomic E-state index is 4.64. The Morgan fingerprint density at radius 2 is 2.69 bits per heavy atom. The summed E-state index contributed by atoms with van der Waals surface area (Å²) in [7, 11) is 0. The van der Waals surface area contributed by atoms with Gasteiger partial charge in [-0.1, -0.05) is 12.1 Å². The first-order valence-electron chi connectivity index (χ1n) is 4.45. The van der Waals surface area contributed by atoms with Crippen molar-refractivity contribution in [1.82, 2.24) is 15.5 Å². The van der Waals surface area contributed by atoms with Gasteiger partial charge in [0.05, 0.1) is 6.54 Å². The molecule has 1 aliphatic rings. The topological polar surface area (TPSA) is 51.0 Å². The number of nitrogens with zero attached hydrogens (tertiary/aromatic N) is 2. The maximum Gasteiger partial charge on any atom is 0.213 e. The number of nitrogens with one attached hydrogen (secondary N) is 1. The molecule has 13 heavy (non-hydrogen) atoms. The third-order valence-electron chi connectivity index (χ3n) is 2.15. The molecule has 0 aliphatic carbocycles. The molecule has 2 rings (SSSR count). The van der Waals surface area contributed by atoms with E-state index in [-0.39, 0.29) is 0 Å². The molecule has 72 valence electrons. The van der Waals surface area contributed by atoms with E-state index in [1.54, 1.807) is 0 Å². The molecule has 0 saturated carbocycles. The molecular formula is C8H13N3OS. The van der Waals surface area contributed by atoms with Gasteiger partial charge in [0.25, 0.3) is 0 Å². The molecule has 1 saturated heterocycles. The lowest BCUT2D eigenvalue weighted by molar-refractivity contribution is 0.404. The molecule has 4 nitrogen and oxygen atoms in total. The van der Waals surface area contributed by atoms with Crippen LogP contribution >= 0.6 is 11.8 Å². The summed E-state index contributed by atoms with van der Waals surface area (Å²) in [5, 5.41) is 7.93. The van der Waals surface area contributed by atoms with Gasteiger partial charge in [0.2, 0.25) is 6.39 Å². The van der Waals surface area contributed by atoms with Crippen LogP contribution in [-0.4, -0.2) is 27.2 Å². The third-order valence-corrected chi connectivity index (χ3v) is 3.51. The number of rotatable bonds is 3. The summed E-state index contributed by atoms with van der Waals surface area (Å²) in [4.78, 5) is 3.95. The smallest absolute Gasteiger partial charge is 0.213 e. The van der Waals surface area contributed by atoms with Gasteiger partial charge in [-0.15, -0.1) is 0 Å². The van der Waals surface area contributed by atoms with Crippen LogP contribution in [0.15, 0.2) is 10.9 Å². The lowest BCUT2D eigenvalue weighted by Crippen LogP contribution is -2.28. The van der Waals surface area contributed by atoms with Gasteiger partial charge in [0.1, 0.15) is 0 Å². The second-order valence-corrected chi connectivity index (χ2v) is 4.78. The zero-order valence-electron chi connectivity index (χ0n) is 7.56. The monoisotopic (exact) mass is 199 g/mol. The summed E-state index contributed by atoms with van der Waals surface area (Å²) < 4.78 is 4.64. The van der Waals surface area contributed by atoms with Gasteiger partial charge in [0.15, 0.2) is 5.82 Å². The average molecular weight is 199 g/mol. The van der Waals surface area contributed by atoms with Crippen molar-refractivity contribution in [3.05, 3.63) is 12.2 Å². The predicted octanol–water partition coefficient (Wildman–Crippen LogP) is 1.05. The van der Waals surface area contributed by atoms with Crippen molar-refractivity contribution in [1.29, 1.82) is 0 Å². The Hall–Kier alpha value is -0.550. The van der Waals surface area contributed by atoms with Crippen LogP contribution in [0.4, 0.5) is 0 Å². The van der Waals surface area contributed by atoms with E-state index in [1.165, 1.54) is 18.6 Å². The van der Waals surface area contributed by atoms with E-state index in [0.29, 0.717) is 12.6 Å². The number of hydrogen-bond acceptors (Lipinski definition) is 5. The molecule has 1 aromatic heterocycles. The minimum absolute atomic E-state index is 0.610. The molecule has 0 spiro atoms. The van der Waals surface area contributed by atoms with Crippen LogP contribution in [0.2, 0.25) is 0 Å². The van der Waals surface area contributed by atoms with Gasteiger partial charge >= 0.3 is 0 Å². The highest BCUT2D eigenvalue weighted by molar-refractivity contribution is 8.00. The Morgan fingerprint density at radius 1 is 1.77 bits per heavy atom. The van der Waals surface area contributed by atoms with Gasteiger partial charge in [-0.25, -0.2) is 0 Å². The maximum atomic E-state index is 4.64. The molecule has 1 aliphatic heterocycles. The number of thioether (sulfide) groups is 1. The van der Waals surface area contributed by atoms with Crippen molar-refractivity contribution >= 4 is 11.8 Å². The normalized spacial score (nSPS) is 28.1. The predicted molar refractivity (Wildman–Crippen MR) is 51.5 cm³/mol. The minimum Gasteiger partial charge on any atom is -0.343 e. The summed E-state index contributed by atoms with van der Waals surface area (Å²) in [6.45, 7) is 2.98. The van der Waals surface area contributed by atoms with E-state index in [0.717, 1.165) is 11.1 Å². The summed E-state index contributed by atoms with van der Waals surface area (Å²) in [6, 6.07) is 0.610. The first-order valence-corrected chi connectivity index (χ1v) is 5.49. The highest BCUT2D eigenvalue weighted by Gasteiger charge is 2.21. The van der Waals surface area contributed by atoms with Gasteiger partial charge in [-0.05, 0) is 6.42 Å². The first-order chi connectivity index (χ1) is 6.34. The van der Waals surface area contributed by atoms with Crippen LogP contribution in [-0.2, 0) is 6.54 Å². The molecule has 0 aromatic carbocycles. The van der Waals surface area contributed by atoms with Crippen LogP contribution in [0, 0.1) is 0 Å². The highest BCUT2D eigenvalue weighted by Crippen LogP contribution is 2.25. The lowest BCUT2D eigenvalue weighted by atomic mass is 10.2. The molecule has 0 bridgehead atoms. The van der Waals surface area contributed by atoms with Crippen LogP contribution in [0.1, 0.15) is 19.2 Å². The van der Waals surface area contributed by atoms with E-state index in [4.69, 9.17) is 0 Å². The molecular weight excluding hydrogens is 186 g/mol. The van der Waals surface area contributed by atoms with E-state index >= 15 is 0 Å². The van der Waals surface area contributed by atoms with Crippen molar-refractivity contribution < 1.29 is 4.52 Å². The lowest BCUT2D eigenvalue weighted by Gasteiger charge is -2.08. The summed E-state index contributed by atoms with van der Waals surface area (Å²) in [6.07, 6.45) is 2.60. The van der Waals surface area contributed by atoms with Gasteiger partial charge in [-0.2, -0.15) is 16.7 Å². The Labute approximate surface area is 81.5 Å². The fraction of sp³-hybridized carbons (Fsp3) is 0.750. The van der Waals surface area contributed by atoms with Crippen molar-refractivity contribution in [2.75, 3.05) is 5.75 Å². The van der Waals surface area contributed by atoms with Crippen molar-refractivity contribution in [2.45, 2.75) is 31.2 Å². The van der Waals surface area contributed by atoms with Crippen molar-refractivity contribution in [3.8, 4) is 0 Å². The summed E-state index contributed by atoms with van der Waals surface area (Å²) in [5.74, 6) is 1.93. The molecule has 0 amide bonds. The number of hydrogen-bond donors (Lipinski definition) is 1. The second-order valence-electron chi connectivity index (χ2n) is 3.30. The van der Waals surface area contributed by atoms with Crippen molar-refractivity contribution in [3.63, 3.8) is 0 Å². The fourth-order valence-electron chi connectivity index (χ4n) is 1.47. The Bertz CT molecular complexity index is 252. The quantitative estimate of drug-likeness (QED) is 0.788. The molecule has 1 N–H and O–H groups in total. The summed E-state index contributed by atoms with van der Waals surface area (Å²) >= 11 is 2.02. The van der Waals surface area contributed by atoms with Crippen LogP contribution < -0.4 is 5.32 Å². The van der Waals surface area contributed by atoms with E-state index in [9.17, 15) is 0 Å². The van der Waals surface area contributed by atoms with Crippen LogP contribution in [0.5, 0.6) is 0 Å². The Kier molecular flexibility index (Phi) is 2.85. The minimum atomic E-state index is 0.610. The standard InChI is InChI=1S/C8H13N3OS/c1-6-2-7(4-13-6)9-3-8-10-5-12-11-8/h5-7,9H,2-4H2,1H3. The van der Waals surface area contributed by atoms with Gasteiger partial charge in [0, 0.05) is 17.0 Å². The van der Waals surface area contributed by atoms with Crippen LogP contribution in [0.25, 0.3) is 0 Å². The van der Waals surface area contributed by atoms with E-state index < -0.39 is 0 Å². The van der Waals surface area contributed by atoms with E-state index in [2.05, 4.69) is 26.9 Å². The molecule has 1 fully saturated rings. The number of aromatic nitrogens is 2. The third kappa shape index (κ3) is 2.45. The molecule has 2 atom stereocenters. The zero-order valence-corrected chi connectivity index (χ0v) is 8.38. The molecule has 0 radical (unpaired) electrons. The summed E-state index contributed by atoms with van der Waals surface area (Å²) in [5.41, 5.74) is 0.